The van der Waals surface area contributed by atoms with Crippen molar-refractivity contribution in [2.24, 2.45) is 0 Å². The second-order valence-electron chi connectivity index (χ2n) is 9.65. The number of nitrogens with zero attached hydrogens (tertiary/aromatic N) is 4. The van der Waals surface area contributed by atoms with E-state index in [4.69, 9.17) is 9.47 Å². The largest absolute Gasteiger partial charge is 0.489 e. The third-order valence-corrected chi connectivity index (χ3v) is 6.70. The lowest BCUT2D eigenvalue weighted by atomic mass is 9.98. The van der Waals surface area contributed by atoms with Crippen LogP contribution in [0.1, 0.15) is 46.0 Å². The Morgan fingerprint density at radius 3 is 2.64 bits per heavy atom. The molecule has 2 aliphatic rings. The van der Waals surface area contributed by atoms with Crippen LogP contribution in [0, 0.1) is 5.82 Å². The van der Waals surface area contributed by atoms with Crippen molar-refractivity contribution in [1.82, 2.24) is 19.8 Å². The highest BCUT2D eigenvalue weighted by atomic mass is 19.1. The van der Waals surface area contributed by atoms with Crippen molar-refractivity contribution < 1.29 is 18.7 Å². The molecule has 1 saturated carbocycles. The number of carbonyl (C=O) groups excluding carboxylic acids is 1. The van der Waals surface area contributed by atoms with E-state index in [2.05, 4.69) is 44.2 Å². The zero-order valence-corrected chi connectivity index (χ0v) is 21.2. The molecule has 2 N–H and O–H groups in total. The Hall–Kier alpha value is -2.98. The number of halogens is 1. The van der Waals surface area contributed by atoms with E-state index < -0.39 is 11.9 Å². The van der Waals surface area contributed by atoms with Gasteiger partial charge in [-0.1, -0.05) is 6.42 Å². The first-order chi connectivity index (χ1) is 17.5. The molecule has 2 heterocycles. The molecule has 1 aliphatic heterocycles. The molecule has 10 heteroatoms. The number of anilines is 3. The number of hydrogen-bond donors (Lipinski definition) is 2. The number of hydrogen-bond acceptors (Lipinski definition) is 8. The van der Waals surface area contributed by atoms with Crippen LogP contribution in [0.5, 0.6) is 5.75 Å². The van der Waals surface area contributed by atoms with Gasteiger partial charge in [-0.2, -0.15) is 4.98 Å². The summed E-state index contributed by atoms with van der Waals surface area (Å²) in [5.41, 5.74) is 0.478. The van der Waals surface area contributed by atoms with Gasteiger partial charge in [0, 0.05) is 56.7 Å². The van der Waals surface area contributed by atoms with E-state index in [1.54, 1.807) is 18.2 Å². The van der Waals surface area contributed by atoms with E-state index in [0.717, 1.165) is 58.4 Å². The van der Waals surface area contributed by atoms with Crippen molar-refractivity contribution in [2.45, 2.75) is 58.1 Å². The third kappa shape index (κ3) is 7.76. The highest BCUT2D eigenvalue weighted by Crippen LogP contribution is 2.24. The van der Waals surface area contributed by atoms with Gasteiger partial charge in [-0.15, -0.1) is 0 Å². The fourth-order valence-electron chi connectivity index (χ4n) is 4.57. The molecular weight excluding hydrogens is 463 g/mol. The summed E-state index contributed by atoms with van der Waals surface area (Å²) in [6.45, 7) is 9.72. The van der Waals surface area contributed by atoms with Crippen molar-refractivity contribution in [3.63, 3.8) is 0 Å². The molecule has 1 aromatic heterocycles. The first kappa shape index (κ1) is 26.1. The molecule has 4 rings (SSSR count). The molecule has 2 fully saturated rings. The van der Waals surface area contributed by atoms with Crippen molar-refractivity contribution in [2.75, 3.05) is 50.0 Å². The molecule has 9 nitrogen and oxygen atoms in total. The Bertz CT molecular complexity index is 993. The highest BCUT2D eigenvalue weighted by molar-refractivity contribution is 5.83. The molecule has 0 radical (unpaired) electrons. The van der Waals surface area contributed by atoms with Gasteiger partial charge in [0.1, 0.15) is 18.5 Å². The minimum Gasteiger partial charge on any atom is -0.489 e. The van der Waals surface area contributed by atoms with Crippen LogP contribution in [-0.4, -0.2) is 77.3 Å². The first-order valence-corrected chi connectivity index (χ1v) is 12.9. The third-order valence-electron chi connectivity index (χ3n) is 6.70. The number of amides is 1. The summed E-state index contributed by atoms with van der Waals surface area (Å²) in [6, 6.07) is 6.79. The van der Waals surface area contributed by atoms with Gasteiger partial charge in [0.15, 0.2) is 11.6 Å². The van der Waals surface area contributed by atoms with Crippen molar-refractivity contribution >= 4 is 23.5 Å². The van der Waals surface area contributed by atoms with Crippen LogP contribution in [0.3, 0.4) is 0 Å². The molecule has 1 aromatic carbocycles. The second-order valence-corrected chi connectivity index (χ2v) is 9.65. The molecule has 1 amide bonds. The van der Waals surface area contributed by atoms with Gasteiger partial charge >= 0.3 is 6.09 Å². The standard InChI is InChI=1S/C26H37FN6O3/c1-19(2)33-14-12-32(13-15-33)16-17-35-23-9-8-20(18-22(23)27)29-25-28-11-10-24(30-25)31-26(34)36-21-6-4-3-5-7-21/h8-11,18-19,21H,3-7,12-17H2,1-2H3,(H2,28,29,30,31,34). The quantitative estimate of drug-likeness (QED) is 0.514. The SMILES string of the molecule is CC(C)N1CCN(CCOc2ccc(Nc3nccc(NC(=O)OC4CCCCC4)n3)cc2F)CC1. The molecule has 1 saturated heterocycles. The fraction of sp³-hybridized carbons (Fsp3) is 0.577. The molecule has 36 heavy (non-hydrogen) atoms. The predicted octanol–water partition coefficient (Wildman–Crippen LogP) is 4.65. The smallest absolute Gasteiger partial charge is 0.413 e. The Morgan fingerprint density at radius 2 is 1.92 bits per heavy atom. The highest BCUT2D eigenvalue weighted by Gasteiger charge is 2.19. The summed E-state index contributed by atoms with van der Waals surface area (Å²) < 4.78 is 25.8. The topological polar surface area (TPSA) is 91.9 Å². The zero-order valence-electron chi connectivity index (χ0n) is 21.2. The van der Waals surface area contributed by atoms with Gasteiger partial charge in [-0.3, -0.25) is 15.1 Å². The molecule has 0 bridgehead atoms. The molecule has 2 aromatic rings. The normalized spacial score (nSPS) is 17.7. The van der Waals surface area contributed by atoms with Crippen LogP contribution >= 0.6 is 0 Å². The molecule has 196 valence electrons. The maximum absolute atomic E-state index is 14.6. The first-order valence-electron chi connectivity index (χ1n) is 12.9. The summed E-state index contributed by atoms with van der Waals surface area (Å²) in [4.78, 5) is 25.4. The minimum absolute atomic E-state index is 0.0445. The fourth-order valence-corrected chi connectivity index (χ4v) is 4.57. The van der Waals surface area contributed by atoms with Gasteiger partial charge < -0.3 is 14.8 Å². The van der Waals surface area contributed by atoms with Gasteiger partial charge in [0.25, 0.3) is 0 Å². The van der Waals surface area contributed by atoms with Gasteiger partial charge in [-0.25, -0.2) is 14.2 Å². The molecule has 0 spiro atoms. The zero-order chi connectivity index (χ0) is 25.3. The van der Waals surface area contributed by atoms with E-state index in [0.29, 0.717) is 24.2 Å². The summed E-state index contributed by atoms with van der Waals surface area (Å²) in [5, 5.41) is 5.61. The number of aromatic nitrogens is 2. The lowest BCUT2D eigenvalue weighted by molar-refractivity contribution is 0.0864. The minimum atomic E-state index is -0.527. The van der Waals surface area contributed by atoms with E-state index in [1.807, 2.05) is 0 Å². The number of ether oxygens (including phenoxy) is 2. The molecular formula is C26H37FN6O3. The Balaban J connectivity index is 1.23. The lowest BCUT2D eigenvalue weighted by Gasteiger charge is -2.36. The number of nitrogens with one attached hydrogen (secondary N) is 2. The molecule has 1 aliphatic carbocycles. The monoisotopic (exact) mass is 500 g/mol. The predicted molar refractivity (Wildman–Crippen MR) is 137 cm³/mol. The van der Waals surface area contributed by atoms with E-state index in [-0.39, 0.29) is 17.8 Å². The van der Waals surface area contributed by atoms with Crippen LogP contribution in [0.25, 0.3) is 0 Å². The number of benzene rings is 1. The van der Waals surface area contributed by atoms with Gasteiger partial charge in [0.2, 0.25) is 5.95 Å². The number of rotatable bonds is 9. The summed E-state index contributed by atoms with van der Waals surface area (Å²) in [5.74, 6) is 0.292. The lowest BCUT2D eigenvalue weighted by Crippen LogP contribution is -2.49. The summed E-state index contributed by atoms with van der Waals surface area (Å²) in [6.07, 6.45) is 6.07. The Morgan fingerprint density at radius 1 is 1.14 bits per heavy atom. The summed E-state index contributed by atoms with van der Waals surface area (Å²) in [7, 11) is 0. The Kier molecular flexibility index (Phi) is 9.29. The van der Waals surface area contributed by atoms with Crippen LogP contribution in [-0.2, 0) is 4.74 Å². The van der Waals surface area contributed by atoms with Crippen LogP contribution in [0.15, 0.2) is 30.5 Å². The van der Waals surface area contributed by atoms with E-state index in [1.165, 1.54) is 18.7 Å². The van der Waals surface area contributed by atoms with Crippen molar-refractivity contribution in [3.8, 4) is 5.75 Å². The molecule has 0 atom stereocenters. The van der Waals surface area contributed by atoms with E-state index in [9.17, 15) is 9.18 Å². The van der Waals surface area contributed by atoms with Crippen molar-refractivity contribution in [1.29, 1.82) is 0 Å². The second kappa shape index (κ2) is 12.8. The number of piperazine rings is 1. The Labute approximate surface area is 212 Å². The molecule has 0 unspecified atom stereocenters. The average Bonchev–Trinajstić information content (AvgIpc) is 2.86. The average molecular weight is 501 g/mol. The van der Waals surface area contributed by atoms with Gasteiger partial charge in [0.05, 0.1) is 0 Å². The van der Waals surface area contributed by atoms with Gasteiger partial charge in [-0.05, 0) is 57.7 Å². The van der Waals surface area contributed by atoms with Crippen LogP contribution < -0.4 is 15.4 Å². The van der Waals surface area contributed by atoms with Crippen LogP contribution in [0.4, 0.5) is 26.6 Å². The van der Waals surface area contributed by atoms with Crippen LogP contribution in [0.2, 0.25) is 0 Å². The van der Waals surface area contributed by atoms with E-state index >= 15 is 0 Å². The maximum Gasteiger partial charge on any atom is 0.413 e. The summed E-state index contributed by atoms with van der Waals surface area (Å²) >= 11 is 0. The maximum atomic E-state index is 14.6. The van der Waals surface area contributed by atoms with Crippen molar-refractivity contribution in [3.05, 3.63) is 36.3 Å². The number of carbonyl (C=O) groups is 1.